The van der Waals surface area contributed by atoms with Gasteiger partial charge < -0.3 is 4.74 Å². The van der Waals surface area contributed by atoms with E-state index < -0.39 is 0 Å². The van der Waals surface area contributed by atoms with E-state index in [9.17, 15) is 4.79 Å². The highest BCUT2D eigenvalue weighted by molar-refractivity contribution is 8.00. The lowest BCUT2D eigenvalue weighted by molar-refractivity contribution is -0.115. The van der Waals surface area contributed by atoms with Crippen LogP contribution in [0.4, 0.5) is 5.95 Å². The minimum Gasteiger partial charge on any atom is -0.493 e. The Morgan fingerprint density at radius 1 is 1.19 bits per heavy atom. The van der Waals surface area contributed by atoms with Crippen molar-refractivity contribution in [3.8, 4) is 5.75 Å². The van der Waals surface area contributed by atoms with E-state index in [0.29, 0.717) is 18.3 Å². The van der Waals surface area contributed by atoms with E-state index in [4.69, 9.17) is 4.74 Å². The first kappa shape index (κ1) is 18.7. The average Bonchev–Trinajstić information content (AvgIpc) is 2.99. The maximum absolute atomic E-state index is 12.6. The van der Waals surface area contributed by atoms with Gasteiger partial charge in [0.2, 0.25) is 11.9 Å². The quantitative estimate of drug-likeness (QED) is 0.674. The van der Waals surface area contributed by atoms with Crippen LogP contribution in [-0.2, 0) is 4.79 Å². The molecule has 0 unspecified atom stereocenters. The third-order valence-electron chi connectivity index (χ3n) is 4.24. The summed E-state index contributed by atoms with van der Waals surface area (Å²) in [4.78, 5) is 23.3. The summed E-state index contributed by atoms with van der Waals surface area (Å²) in [6, 6.07) is 9.87. The molecule has 1 saturated heterocycles. The smallest absolute Gasteiger partial charge is 0.240 e. The maximum Gasteiger partial charge on any atom is 0.240 e. The monoisotopic (exact) mass is 371 g/mol. The number of benzene rings is 1. The van der Waals surface area contributed by atoms with E-state index in [1.54, 1.807) is 16.7 Å². The Balaban J connectivity index is 1.89. The molecule has 3 rings (SSSR count). The highest BCUT2D eigenvalue weighted by Gasteiger charge is 2.37. The van der Waals surface area contributed by atoms with Crippen molar-refractivity contribution < 1.29 is 9.53 Å². The Bertz CT molecular complexity index is 761. The molecule has 0 spiro atoms. The van der Waals surface area contributed by atoms with E-state index in [1.165, 1.54) is 0 Å². The van der Waals surface area contributed by atoms with Crippen LogP contribution in [0.2, 0.25) is 0 Å². The predicted octanol–water partition coefficient (Wildman–Crippen LogP) is 4.44. The summed E-state index contributed by atoms with van der Waals surface area (Å²) in [6.07, 6.45) is 3.35. The van der Waals surface area contributed by atoms with Crippen molar-refractivity contribution in [2.75, 3.05) is 17.3 Å². The first-order chi connectivity index (χ1) is 12.6. The van der Waals surface area contributed by atoms with Gasteiger partial charge in [0.05, 0.1) is 12.4 Å². The first-order valence-corrected chi connectivity index (χ1v) is 10.1. The largest absolute Gasteiger partial charge is 0.493 e. The number of nitrogens with zero attached hydrogens (tertiary/aromatic N) is 3. The van der Waals surface area contributed by atoms with Crippen molar-refractivity contribution in [1.82, 2.24) is 9.97 Å². The van der Waals surface area contributed by atoms with Crippen LogP contribution in [0.3, 0.4) is 0 Å². The molecule has 1 aromatic carbocycles. The van der Waals surface area contributed by atoms with Gasteiger partial charge in [-0.05, 0) is 32.4 Å². The number of amides is 1. The van der Waals surface area contributed by atoms with Crippen LogP contribution in [0.25, 0.3) is 0 Å². The molecule has 138 valence electrons. The number of para-hydroxylation sites is 1. The number of aryl methyl sites for hydroxylation is 2. The van der Waals surface area contributed by atoms with E-state index in [-0.39, 0.29) is 11.3 Å². The molecule has 0 bridgehead atoms. The molecule has 1 aliphatic rings. The average molecular weight is 372 g/mol. The van der Waals surface area contributed by atoms with E-state index in [0.717, 1.165) is 42.0 Å². The Labute approximate surface area is 159 Å². The van der Waals surface area contributed by atoms with Crippen molar-refractivity contribution in [2.24, 2.45) is 0 Å². The molecule has 1 amide bonds. The summed E-state index contributed by atoms with van der Waals surface area (Å²) < 4.78 is 6.03. The second-order valence-electron chi connectivity index (χ2n) is 6.47. The maximum atomic E-state index is 12.6. The molecule has 1 fully saturated rings. The van der Waals surface area contributed by atoms with Gasteiger partial charge in [-0.2, -0.15) is 0 Å². The zero-order valence-electron chi connectivity index (χ0n) is 15.6. The molecule has 26 heavy (non-hydrogen) atoms. The Morgan fingerprint density at radius 3 is 2.65 bits per heavy atom. The molecule has 5 nitrogen and oxygen atoms in total. The third-order valence-corrected chi connectivity index (χ3v) is 5.44. The Kier molecular flexibility index (Phi) is 6.14. The highest BCUT2D eigenvalue weighted by Crippen LogP contribution is 2.43. The zero-order valence-corrected chi connectivity index (χ0v) is 16.4. The van der Waals surface area contributed by atoms with Crippen molar-refractivity contribution in [2.45, 2.75) is 45.4 Å². The molecule has 1 aliphatic heterocycles. The lowest BCUT2D eigenvalue weighted by Gasteiger charge is -2.24. The van der Waals surface area contributed by atoms with Gasteiger partial charge in [-0.1, -0.05) is 38.0 Å². The van der Waals surface area contributed by atoms with Crippen LogP contribution in [-0.4, -0.2) is 28.2 Å². The van der Waals surface area contributed by atoms with Crippen molar-refractivity contribution in [1.29, 1.82) is 0 Å². The van der Waals surface area contributed by atoms with Crippen LogP contribution in [0, 0.1) is 13.8 Å². The molecule has 0 radical (unpaired) electrons. The third kappa shape index (κ3) is 4.18. The minimum atomic E-state index is -0.161. The molecule has 0 N–H and O–H groups in total. The normalized spacial score (nSPS) is 17.0. The summed E-state index contributed by atoms with van der Waals surface area (Å²) in [5, 5.41) is -0.161. The molecule has 0 aliphatic carbocycles. The zero-order chi connectivity index (χ0) is 18.5. The summed E-state index contributed by atoms with van der Waals surface area (Å²) in [5.74, 6) is 1.77. The summed E-state index contributed by atoms with van der Waals surface area (Å²) >= 11 is 1.59. The van der Waals surface area contributed by atoms with Crippen LogP contribution < -0.4 is 9.64 Å². The molecule has 2 heterocycles. The second kappa shape index (κ2) is 8.54. The number of anilines is 1. The molecule has 6 heteroatoms. The topological polar surface area (TPSA) is 55.3 Å². The Morgan fingerprint density at radius 2 is 1.92 bits per heavy atom. The van der Waals surface area contributed by atoms with Gasteiger partial charge in [0.1, 0.15) is 11.1 Å². The lowest BCUT2D eigenvalue weighted by atomic mass is 10.2. The van der Waals surface area contributed by atoms with Crippen molar-refractivity contribution >= 4 is 23.6 Å². The number of rotatable bonds is 7. The standard InChI is InChI=1S/C20H25N3O2S/c1-4-5-8-11-25-17-10-7-6-9-16(17)19-23(18(24)13-26-19)20-21-14(2)12-15(3)22-20/h6-7,9-10,12,19H,4-5,8,11,13H2,1-3H3/t19-/m1/s1. The van der Waals surface area contributed by atoms with Crippen LogP contribution in [0.15, 0.2) is 30.3 Å². The van der Waals surface area contributed by atoms with Gasteiger partial charge in [0, 0.05) is 17.0 Å². The number of unbranched alkanes of at least 4 members (excludes halogenated alkanes) is 2. The Hall–Kier alpha value is -2.08. The fraction of sp³-hybridized carbons (Fsp3) is 0.450. The number of hydrogen-bond acceptors (Lipinski definition) is 5. The highest BCUT2D eigenvalue weighted by atomic mass is 32.2. The van der Waals surface area contributed by atoms with Gasteiger partial charge in [-0.25, -0.2) is 9.97 Å². The minimum absolute atomic E-state index is 0.0331. The van der Waals surface area contributed by atoms with E-state index in [1.807, 2.05) is 44.2 Å². The van der Waals surface area contributed by atoms with Crippen molar-refractivity contribution in [3.05, 3.63) is 47.3 Å². The van der Waals surface area contributed by atoms with E-state index in [2.05, 4.69) is 16.9 Å². The molecule has 1 atom stereocenters. The van der Waals surface area contributed by atoms with Gasteiger partial charge in [0.25, 0.3) is 0 Å². The fourth-order valence-corrected chi connectivity index (χ4v) is 4.21. The van der Waals surface area contributed by atoms with Crippen molar-refractivity contribution in [3.63, 3.8) is 0 Å². The van der Waals surface area contributed by atoms with E-state index >= 15 is 0 Å². The number of thioether (sulfide) groups is 1. The fourth-order valence-electron chi connectivity index (χ4n) is 3.04. The van der Waals surface area contributed by atoms with Crippen LogP contribution in [0.1, 0.15) is 48.5 Å². The number of aromatic nitrogens is 2. The van der Waals surface area contributed by atoms with Crippen LogP contribution >= 0.6 is 11.8 Å². The van der Waals surface area contributed by atoms with Gasteiger partial charge in [0.15, 0.2) is 0 Å². The number of ether oxygens (including phenoxy) is 1. The number of hydrogen-bond donors (Lipinski definition) is 0. The summed E-state index contributed by atoms with van der Waals surface area (Å²) in [5.41, 5.74) is 2.72. The van der Waals surface area contributed by atoms with Crippen LogP contribution in [0.5, 0.6) is 5.75 Å². The molecular weight excluding hydrogens is 346 g/mol. The number of carbonyl (C=O) groups is 1. The van der Waals surface area contributed by atoms with Gasteiger partial charge >= 0.3 is 0 Å². The summed E-state index contributed by atoms with van der Waals surface area (Å²) in [7, 11) is 0. The first-order valence-electron chi connectivity index (χ1n) is 9.08. The molecule has 0 saturated carbocycles. The summed E-state index contributed by atoms with van der Waals surface area (Å²) in [6.45, 7) is 6.71. The van der Waals surface area contributed by atoms with Gasteiger partial charge in [-0.3, -0.25) is 9.69 Å². The SMILES string of the molecule is CCCCCOc1ccccc1[C@H]1SCC(=O)N1c1nc(C)cc(C)n1. The molecule has 2 aromatic rings. The molecule has 1 aromatic heterocycles. The molecular formula is C20H25N3O2S. The second-order valence-corrected chi connectivity index (χ2v) is 7.54. The number of carbonyl (C=O) groups excluding carboxylic acids is 1. The van der Waals surface area contributed by atoms with Gasteiger partial charge in [-0.15, -0.1) is 11.8 Å². The lowest BCUT2D eigenvalue weighted by Crippen LogP contribution is -2.30. The predicted molar refractivity (Wildman–Crippen MR) is 106 cm³/mol.